The van der Waals surface area contributed by atoms with E-state index in [1.165, 1.54) is 25.1 Å². The fraction of sp³-hybridized carbons (Fsp3) is 0.526. The SMILES string of the molecule is C[C@@H](NC(=O)OC(C)(C)C)C(=O)Nc1cccc(S(=O)(=O)/N=C2/CCCN2C)c1. The molecule has 10 heteroatoms. The number of nitrogens with zero attached hydrogens (tertiary/aromatic N) is 2. The lowest BCUT2D eigenvalue weighted by molar-refractivity contribution is -0.117. The minimum Gasteiger partial charge on any atom is -0.444 e. The van der Waals surface area contributed by atoms with Crippen LogP contribution in [0.15, 0.2) is 33.6 Å². The van der Waals surface area contributed by atoms with Crippen molar-refractivity contribution in [1.29, 1.82) is 0 Å². The molecule has 1 saturated heterocycles. The summed E-state index contributed by atoms with van der Waals surface area (Å²) >= 11 is 0. The number of amidine groups is 1. The lowest BCUT2D eigenvalue weighted by Crippen LogP contribution is -2.43. The number of ether oxygens (including phenoxy) is 1. The van der Waals surface area contributed by atoms with Gasteiger partial charge in [0.15, 0.2) is 0 Å². The molecule has 1 fully saturated rings. The highest BCUT2D eigenvalue weighted by molar-refractivity contribution is 7.90. The predicted octanol–water partition coefficient (Wildman–Crippen LogP) is 2.35. The molecule has 0 aromatic heterocycles. The molecule has 9 nitrogen and oxygen atoms in total. The summed E-state index contributed by atoms with van der Waals surface area (Å²) in [4.78, 5) is 25.9. The van der Waals surface area contributed by atoms with Gasteiger partial charge in [0.2, 0.25) is 5.91 Å². The Labute approximate surface area is 171 Å². The standard InChI is InChI=1S/C19H28N4O5S/c1-13(20-18(25)28-19(2,3)4)17(24)21-14-8-6-9-15(12-14)29(26,27)22-16-10-7-11-23(16)5/h6,8-9,12-13H,7,10-11H2,1-5H3,(H,20,25)(H,21,24)/b22-16-/t13-/m1/s1. The lowest BCUT2D eigenvalue weighted by Gasteiger charge is -2.21. The number of rotatable bonds is 5. The number of carbonyl (C=O) groups excluding carboxylic acids is 2. The highest BCUT2D eigenvalue weighted by atomic mass is 32.2. The fourth-order valence-electron chi connectivity index (χ4n) is 2.64. The molecule has 29 heavy (non-hydrogen) atoms. The molecule has 2 rings (SSSR count). The molecule has 1 aromatic rings. The van der Waals surface area contributed by atoms with Gasteiger partial charge in [-0.1, -0.05) is 6.07 Å². The van der Waals surface area contributed by atoms with Crippen molar-refractivity contribution in [3.05, 3.63) is 24.3 Å². The molecule has 2 N–H and O–H groups in total. The normalized spacial score (nSPS) is 17.1. The van der Waals surface area contributed by atoms with E-state index in [2.05, 4.69) is 15.0 Å². The number of sulfonamides is 1. The number of likely N-dealkylation sites (tertiary alicyclic amines) is 1. The number of anilines is 1. The van der Waals surface area contributed by atoms with Gasteiger partial charge in [-0.2, -0.15) is 8.42 Å². The van der Waals surface area contributed by atoms with Crippen LogP contribution in [-0.2, 0) is 19.6 Å². The van der Waals surface area contributed by atoms with Gasteiger partial charge >= 0.3 is 6.09 Å². The van der Waals surface area contributed by atoms with E-state index in [1.807, 2.05) is 4.90 Å². The fourth-order valence-corrected chi connectivity index (χ4v) is 3.78. The van der Waals surface area contributed by atoms with Gasteiger partial charge in [-0.3, -0.25) is 4.79 Å². The van der Waals surface area contributed by atoms with E-state index in [4.69, 9.17) is 4.74 Å². The van der Waals surface area contributed by atoms with Gasteiger partial charge in [0.1, 0.15) is 17.5 Å². The van der Waals surface area contributed by atoms with Gasteiger partial charge in [0, 0.05) is 25.7 Å². The molecule has 0 bridgehead atoms. The van der Waals surface area contributed by atoms with Crippen molar-refractivity contribution in [1.82, 2.24) is 10.2 Å². The van der Waals surface area contributed by atoms with E-state index in [0.29, 0.717) is 12.3 Å². The number of hydrogen-bond donors (Lipinski definition) is 2. The summed E-state index contributed by atoms with van der Waals surface area (Å²) in [5.41, 5.74) is -0.397. The molecule has 160 valence electrons. The third-order valence-corrected chi connectivity index (χ3v) is 5.39. The number of nitrogens with one attached hydrogen (secondary N) is 2. The van der Waals surface area contributed by atoms with Gasteiger partial charge in [-0.15, -0.1) is 4.40 Å². The van der Waals surface area contributed by atoms with Crippen LogP contribution in [0.4, 0.5) is 10.5 Å². The Morgan fingerprint density at radius 1 is 1.28 bits per heavy atom. The van der Waals surface area contributed by atoms with Crippen LogP contribution in [0.3, 0.4) is 0 Å². The molecule has 1 aliphatic heterocycles. The second-order valence-electron chi connectivity index (χ2n) is 7.89. The largest absolute Gasteiger partial charge is 0.444 e. The van der Waals surface area contributed by atoms with E-state index in [-0.39, 0.29) is 10.6 Å². The van der Waals surface area contributed by atoms with E-state index in [1.54, 1.807) is 33.9 Å². The predicted molar refractivity (Wildman–Crippen MR) is 110 cm³/mol. The second kappa shape index (κ2) is 8.81. The molecule has 1 aromatic carbocycles. The molecule has 0 unspecified atom stereocenters. The van der Waals surface area contributed by atoms with Crippen LogP contribution in [0.5, 0.6) is 0 Å². The zero-order chi connectivity index (χ0) is 21.8. The van der Waals surface area contributed by atoms with Crippen LogP contribution in [0.2, 0.25) is 0 Å². The van der Waals surface area contributed by atoms with Gasteiger partial charge in [-0.05, 0) is 52.3 Å². The van der Waals surface area contributed by atoms with Crippen molar-refractivity contribution in [2.45, 2.75) is 57.1 Å². The number of benzene rings is 1. The first kappa shape index (κ1) is 22.7. The summed E-state index contributed by atoms with van der Waals surface area (Å²) in [6.07, 6.45) is 0.761. The van der Waals surface area contributed by atoms with Crippen LogP contribution >= 0.6 is 0 Å². The topological polar surface area (TPSA) is 117 Å². The van der Waals surface area contributed by atoms with Crippen molar-refractivity contribution >= 4 is 33.5 Å². The first-order valence-electron chi connectivity index (χ1n) is 9.33. The summed E-state index contributed by atoms with van der Waals surface area (Å²) in [5.74, 6) is 0.0156. The van der Waals surface area contributed by atoms with Crippen molar-refractivity contribution in [3.63, 3.8) is 0 Å². The Balaban J connectivity index is 2.07. The van der Waals surface area contributed by atoms with Crippen molar-refractivity contribution in [2.24, 2.45) is 4.40 Å². The maximum absolute atomic E-state index is 12.6. The van der Waals surface area contributed by atoms with Crippen LogP contribution in [-0.4, -0.2) is 56.4 Å². The van der Waals surface area contributed by atoms with Crippen molar-refractivity contribution < 1.29 is 22.7 Å². The number of amides is 2. The zero-order valence-electron chi connectivity index (χ0n) is 17.4. The van der Waals surface area contributed by atoms with Gasteiger partial charge in [0.05, 0.1) is 4.90 Å². The maximum Gasteiger partial charge on any atom is 0.408 e. The first-order valence-corrected chi connectivity index (χ1v) is 10.8. The molecular formula is C19H28N4O5S. The van der Waals surface area contributed by atoms with E-state index < -0.39 is 33.7 Å². The average molecular weight is 425 g/mol. The third-order valence-electron chi connectivity index (χ3n) is 4.09. The summed E-state index contributed by atoms with van der Waals surface area (Å²) < 4.78 is 34.2. The molecule has 0 radical (unpaired) electrons. The molecular weight excluding hydrogens is 396 g/mol. The van der Waals surface area contributed by atoms with Gasteiger partial charge in [0.25, 0.3) is 10.0 Å². The van der Waals surface area contributed by atoms with Crippen molar-refractivity contribution in [3.8, 4) is 0 Å². The Hall–Kier alpha value is -2.62. The number of carbonyl (C=O) groups is 2. The number of hydrogen-bond acceptors (Lipinski definition) is 5. The molecule has 0 aliphatic carbocycles. The summed E-state index contributed by atoms with van der Waals surface area (Å²) in [6.45, 7) is 7.43. The van der Waals surface area contributed by atoms with E-state index in [0.717, 1.165) is 13.0 Å². The second-order valence-corrected chi connectivity index (χ2v) is 9.50. The molecule has 0 saturated carbocycles. The minimum absolute atomic E-state index is 0.0177. The van der Waals surface area contributed by atoms with Gasteiger partial charge in [-0.25, -0.2) is 4.79 Å². The Kier molecular flexibility index (Phi) is 6.89. The Morgan fingerprint density at radius 2 is 1.97 bits per heavy atom. The average Bonchev–Trinajstić information content (AvgIpc) is 2.97. The maximum atomic E-state index is 12.6. The lowest BCUT2D eigenvalue weighted by atomic mass is 10.2. The van der Waals surface area contributed by atoms with Crippen LogP contribution in [0, 0.1) is 0 Å². The molecule has 2 amide bonds. The van der Waals surface area contributed by atoms with E-state index in [9.17, 15) is 18.0 Å². The molecule has 1 heterocycles. The van der Waals surface area contributed by atoms with Crippen molar-refractivity contribution in [2.75, 3.05) is 18.9 Å². The summed E-state index contributed by atoms with van der Waals surface area (Å²) in [5, 5.41) is 5.03. The first-order chi connectivity index (χ1) is 13.4. The molecule has 0 spiro atoms. The third kappa shape index (κ3) is 6.74. The summed E-state index contributed by atoms with van der Waals surface area (Å²) in [6, 6.07) is 4.97. The highest BCUT2D eigenvalue weighted by Crippen LogP contribution is 2.20. The number of alkyl carbamates (subject to hydrolysis) is 1. The van der Waals surface area contributed by atoms with Crippen LogP contribution in [0.25, 0.3) is 0 Å². The Bertz CT molecular complexity index is 905. The van der Waals surface area contributed by atoms with Crippen LogP contribution < -0.4 is 10.6 Å². The molecule has 1 aliphatic rings. The monoisotopic (exact) mass is 424 g/mol. The zero-order valence-corrected chi connectivity index (χ0v) is 18.2. The summed E-state index contributed by atoms with van der Waals surface area (Å²) in [7, 11) is -2.09. The van der Waals surface area contributed by atoms with Crippen LogP contribution in [0.1, 0.15) is 40.5 Å². The smallest absolute Gasteiger partial charge is 0.408 e. The van der Waals surface area contributed by atoms with E-state index >= 15 is 0 Å². The van der Waals surface area contributed by atoms with Gasteiger partial charge < -0.3 is 20.3 Å². The minimum atomic E-state index is -3.89. The molecule has 1 atom stereocenters. The quantitative estimate of drug-likeness (QED) is 0.749. The Morgan fingerprint density at radius 3 is 2.55 bits per heavy atom. The highest BCUT2D eigenvalue weighted by Gasteiger charge is 2.23.